The standard InChI is InChI=1S/C44H27NO3/c46-43-31-11-1-8-18-39(31)47-42-27-29(23-26-32(42)43)28-21-24-30(25-22-28)45-37-16-6-2-12-33(37)44(34-13-3-7-17-38(34)45)35-14-4-9-19-40(35)48-41-20-10-5-15-36(41)44/h1-27H. The minimum absolute atomic E-state index is 0.0104. The highest BCUT2D eigenvalue weighted by Crippen LogP contribution is 2.62. The van der Waals surface area contributed by atoms with Crippen LogP contribution in [0.2, 0.25) is 0 Å². The molecule has 4 nitrogen and oxygen atoms in total. The van der Waals surface area contributed by atoms with Gasteiger partial charge in [0.05, 0.1) is 27.6 Å². The predicted octanol–water partition coefficient (Wildman–Crippen LogP) is 10.9. The van der Waals surface area contributed by atoms with Gasteiger partial charge < -0.3 is 14.1 Å². The second kappa shape index (κ2) is 10.1. The maximum Gasteiger partial charge on any atom is 0.200 e. The molecule has 0 radical (unpaired) electrons. The molecule has 0 bridgehead atoms. The second-order valence-corrected chi connectivity index (χ2v) is 12.4. The highest BCUT2D eigenvalue weighted by molar-refractivity contribution is 5.93. The first-order chi connectivity index (χ1) is 23.7. The van der Waals surface area contributed by atoms with Crippen molar-refractivity contribution in [2.45, 2.75) is 5.41 Å². The zero-order valence-corrected chi connectivity index (χ0v) is 25.8. The van der Waals surface area contributed by atoms with E-state index in [0.717, 1.165) is 50.8 Å². The molecule has 2 aliphatic rings. The van der Waals surface area contributed by atoms with Crippen LogP contribution in [0, 0.1) is 0 Å². The molecule has 0 amide bonds. The van der Waals surface area contributed by atoms with Gasteiger partial charge in [-0.1, -0.05) is 103 Å². The fourth-order valence-corrected chi connectivity index (χ4v) is 7.88. The molecule has 0 atom stereocenters. The van der Waals surface area contributed by atoms with Crippen LogP contribution in [0.3, 0.4) is 0 Å². The summed E-state index contributed by atoms with van der Waals surface area (Å²) in [5.74, 6) is 1.75. The second-order valence-electron chi connectivity index (χ2n) is 12.4. The van der Waals surface area contributed by atoms with E-state index in [-0.39, 0.29) is 5.43 Å². The summed E-state index contributed by atoms with van der Waals surface area (Å²) in [5.41, 5.74) is 10.6. The van der Waals surface area contributed by atoms with Crippen molar-refractivity contribution in [2.24, 2.45) is 0 Å². The van der Waals surface area contributed by atoms with Crippen molar-refractivity contribution < 1.29 is 9.15 Å². The maximum absolute atomic E-state index is 13.1. The summed E-state index contributed by atoms with van der Waals surface area (Å²) in [5, 5.41) is 1.18. The minimum Gasteiger partial charge on any atom is -0.457 e. The molecular weight excluding hydrogens is 590 g/mol. The van der Waals surface area contributed by atoms with Crippen LogP contribution >= 0.6 is 0 Å². The molecule has 0 saturated carbocycles. The third-order valence-corrected chi connectivity index (χ3v) is 9.94. The van der Waals surface area contributed by atoms with Crippen molar-refractivity contribution in [3.8, 4) is 22.6 Å². The van der Waals surface area contributed by atoms with Crippen LogP contribution in [0.1, 0.15) is 22.3 Å². The van der Waals surface area contributed by atoms with Crippen LogP contribution in [0.5, 0.6) is 11.5 Å². The molecule has 3 heterocycles. The zero-order chi connectivity index (χ0) is 31.8. The number of para-hydroxylation sites is 5. The average molecular weight is 618 g/mol. The predicted molar refractivity (Wildman–Crippen MR) is 192 cm³/mol. The summed E-state index contributed by atoms with van der Waals surface area (Å²) < 4.78 is 12.7. The Morgan fingerprint density at radius 1 is 0.458 bits per heavy atom. The molecule has 0 fully saturated rings. The summed E-state index contributed by atoms with van der Waals surface area (Å²) in [6, 6.07) is 56.2. The molecule has 2 aliphatic heterocycles. The molecule has 0 N–H and O–H groups in total. The van der Waals surface area contributed by atoms with Gasteiger partial charge in [0, 0.05) is 16.8 Å². The largest absolute Gasteiger partial charge is 0.457 e. The fraction of sp³-hybridized carbons (Fsp3) is 0.0227. The van der Waals surface area contributed by atoms with Gasteiger partial charge in [-0.05, 0) is 82.9 Å². The number of anilines is 3. The number of hydrogen-bond acceptors (Lipinski definition) is 4. The Kier molecular flexibility index (Phi) is 5.61. The Bertz CT molecular complexity index is 2540. The van der Waals surface area contributed by atoms with E-state index in [4.69, 9.17) is 9.15 Å². The molecule has 48 heavy (non-hydrogen) atoms. The summed E-state index contributed by atoms with van der Waals surface area (Å²) in [6.07, 6.45) is 0. The normalized spacial score (nSPS) is 13.8. The van der Waals surface area contributed by atoms with Crippen LogP contribution in [-0.2, 0) is 5.41 Å². The van der Waals surface area contributed by atoms with Gasteiger partial charge in [0.25, 0.3) is 0 Å². The number of ether oxygens (including phenoxy) is 1. The van der Waals surface area contributed by atoms with Crippen molar-refractivity contribution in [1.82, 2.24) is 0 Å². The number of nitrogens with zero attached hydrogens (tertiary/aromatic N) is 1. The van der Waals surface area contributed by atoms with Gasteiger partial charge >= 0.3 is 0 Å². The van der Waals surface area contributed by atoms with Crippen LogP contribution < -0.4 is 15.1 Å². The van der Waals surface area contributed by atoms with Crippen molar-refractivity contribution in [1.29, 1.82) is 0 Å². The molecule has 10 rings (SSSR count). The number of hydrogen-bond donors (Lipinski definition) is 0. The van der Waals surface area contributed by atoms with E-state index in [9.17, 15) is 4.79 Å². The van der Waals surface area contributed by atoms with Gasteiger partial charge in [-0.15, -0.1) is 0 Å². The Balaban J connectivity index is 1.14. The molecule has 8 aromatic rings. The summed E-state index contributed by atoms with van der Waals surface area (Å²) >= 11 is 0. The fourth-order valence-electron chi connectivity index (χ4n) is 7.88. The lowest BCUT2D eigenvalue weighted by Gasteiger charge is -2.48. The van der Waals surface area contributed by atoms with Gasteiger partial charge in [0.2, 0.25) is 5.43 Å². The first-order valence-corrected chi connectivity index (χ1v) is 16.1. The number of fused-ring (bicyclic) bond motifs is 10. The minimum atomic E-state index is -0.561. The number of benzene rings is 7. The third kappa shape index (κ3) is 3.63. The lowest BCUT2D eigenvalue weighted by atomic mass is 9.61. The smallest absolute Gasteiger partial charge is 0.200 e. The van der Waals surface area contributed by atoms with E-state index in [1.165, 1.54) is 11.1 Å². The molecule has 0 unspecified atom stereocenters. The molecule has 226 valence electrons. The third-order valence-electron chi connectivity index (χ3n) is 9.94. The Morgan fingerprint density at radius 3 is 1.65 bits per heavy atom. The molecule has 4 heteroatoms. The molecule has 0 saturated heterocycles. The quantitative estimate of drug-likeness (QED) is 0.181. The Morgan fingerprint density at radius 2 is 0.979 bits per heavy atom. The maximum atomic E-state index is 13.1. The molecule has 0 aliphatic carbocycles. The van der Waals surface area contributed by atoms with Crippen molar-refractivity contribution >= 4 is 39.0 Å². The van der Waals surface area contributed by atoms with Gasteiger partial charge in [-0.3, -0.25) is 4.79 Å². The number of rotatable bonds is 2. The van der Waals surface area contributed by atoms with Crippen LogP contribution in [0.4, 0.5) is 17.1 Å². The molecule has 1 aromatic heterocycles. The van der Waals surface area contributed by atoms with Gasteiger partial charge in [-0.2, -0.15) is 0 Å². The van der Waals surface area contributed by atoms with Crippen LogP contribution in [0.15, 0.2) is 173 Å². The Labute approximate surface area is 276 Å². The summed E-state index contributed by atoms with van der Waals surface area (Å²) in [6.45, 7) is 0. The van der Waals surface area contributed by atoms with Crippen molar-refractivity contribution in [3.63, 3.8) is 0 Å². The zero-order valence-electron chi connectivity index (χ0n) is 25.8. The highest BCUT2D eigenvalue weighted by Gasteiger charge is 2.50. The lowest BCUT2D eigenvalue weighted by molar-refractivity contribution is 0.434. The molecular formula is C44H27NO3. The Hall–Kier alpha value is -6.39. The van der Waals surface area contributed by atoms with Crippen molar-refractivity contribution in [3.05, 3.63) is 196 Å². The van der Waals surface area contributed by atoms with Gasteiger partial charge in [0.15, 0.2) is 0 Å². The summed E-state index contributed by atoms with van der Waals surface area (Å²) in [7, 11) is 0. The van der Waals surface area contributed by atoms with E-state index in [1.54, 1.807) is 0 Å². The summed E-state index contributed by atoms with van der Waals surface area (Å²) in [4.78, 5) is 15.5. The van der Waals surface area contributed by atoms with Crippen LogP contribution in [-0.4, -0.2) is 0 Å². The van der Waals surface area contributed by atoms with E-state index in [2.05, 4.69) is 114 Å². The topological polar surface area (TPSA) is 42.7 Å². The van der Waals surface area contributed by atoms with E-state index in [0.29, 0.717) is 21.9 Å². The monoisotopic (exact) mass is 617 g/mol. The SMILES string of the molecule is O=c1c2ccccc2oc2cc(-c3ccc(N4c5ccccc5C5(c6ccccc6Oc6ccccc65)c5ccccc54)cc3)ccc12. The van der Waals surface area contributed by atoms with Crippen LogP contribution in [0.25, 0.3) is 33.1 Å². The lowest BCUT2D eigenvalue weighted by Crippen LogP contribution is -2.39. The van der Waals surface area contributed by atoms with E-state index < -0.39 is 5.41 Å². The molecule has 7 aromatic carbocycles. The van der Waals surface area contributed by atoms with Crippen molar-refractivity contribution in [2.75, 3.05) is 4.90 Å². The average Bonchev–Trinajstić information content (AvgIpc) is 3.15. The first kappa shape index (κ1) is 26.8. The van der Waals surface area contributed by atoms with E-state index in [1.807, 2.05) is 54.6 Å². The van der Waals surface area contributed by atoms with Gasteiger partial charge in [-0.25, -0.2) is 0 Å². The van der Waals surface area contributed by atoms with E-state index >= 15 is 0 Å². The molecule has 1 spiro atoms. The van der Waals surface area contributed by atoms with Gasteiger partial charge in [0.1, 0.15) is 22.7 Å². The first-order valence-electron chi connectivity index (χ1n) is 16.1. The highest BCUT2D eigenvalue weighted by atomic mass is 16.5.